The third-order valence-electron chi connectivity index (χ3n) is 14.6. The number of carbonyl (C=O) groups is 6. The van der Waals surface area contributed by atoms with Gasteiger partial charge in [0, 0.05) is 57.3 Å². The number of nitrogens with one attached hydrogen (secondary N) is 3. The van der Waals surface area contributed by atoms with Crippen LogP contribution in [0.4, 0.5) is 0 Å². The van der Waals surface area contributed by atoms with Gasteiger partial charge < -0.3 is 27.8 Å². The molecule has 89 heavy (non-hydrogen) atoms. The summed E-state index contributed by atoms with van der Waals surface area (Å²) in [6, 6.07) is 18.3. The summed E-state index contributed by atoms with van der Waals surface area (Å²) in [7, 11) is -3.80. The Bertz CT molecular complexity index is 3040. The predicted octanol–water partition coefficient (Wildman–Crippen LogP) is 12.8. The maximum atomic E-state index is 13.5. The topological polar surface area (TPSA) is 225 Å². The van der Waals surface area contributed by atoms with Crippen LogP contribution >= 0.6 is 11.6 Å². The van der Waals surface area contributed by atoms with Crippen molar-refractivity contribution in [2.45, 2.75) is 204 Å². The fourth-order valence-electron chi connectivity index (χ4n) is 7.79. The third kappa shape index (κ3) is 27.1. The van der Waals surface area contributed by atoms with E-state index in [0.717, 1.165) is 34.7 Å². The van der Waals surface area contributed by atoms with Crippen molar-refractivity contribution in [1.29, 1.82) is 0 Å². The van der Waals surface area contributed by atoms with Crippen molar-refractivity contribution in [3.63, 3.8) is 0 Å². The Hall–Kier alpha value is -3.06. The number of hydrogen-bond acceptors (Lipinski definition) is 16. The summed E-state index contributed by atoms with van der Waals surface area (Å²) < 4.78 is 37.0. The monoisotopic (exact) mass is 1340 g/mol. The average Bonchev–Trinajstić information content (AvgIpc) is 0.893. The van der Waals surface area contributed by atoms with Gasteiger partial charge in [-0.15, -0.1) is 0 Å². The number of hydrazine groups is 2. The van der Waals surface area contributed by atoms with E-state index in [1.54, 1.807) is 43.3 Å². The molecular weight excluding hydrogens is 1250 g/mol. The predicted molar refractivity (Wildman–Crippen MR) is 355 cm³/mol. The van der Waals surface area contributed by atoms with Gasteiger partial charge in [0.05, 0.1) is 18.8 Å². The summed E-state index contributed by atoms with van der Waals surface area (Å²) in [6.07, 6.45) is -0.293. The number of nitrogens with zero attached hydrogens (tertiary/aromatic N) is 1. The van der Waals surface area contributed by atoms with Crippen LogP contribution in [-0.2, 0) is 33.3 Å². The minimum atomic E-state index is -1.94. The summed E-state index contributed by atoms with van der Waals surface area (Å²) in [5, 5.41) is 4.99. The van der Waals surface area contributed by atoms with Gasteiger partial charge in [-0.3, -0.25) is 39.8 Å². The van der Waals surface area contributed by atoms with Crippen LogP contribution < -0.4 is 35.2 Å². The molecule has 2 aliphatic rings. The molecule has 0 bridgehead atoms. The molecule has 6 rings (SSSR count). The first-order valence-corrected chi connectivity index (χ1v) is 52.4. The van der Waals surface area contributed by atoms with Crippen molar-refractivity contribution in [3.05, 3.63) is 116 Å². The summed E-state index contributed by atoms with van der Waals surface area (Å²) >= 11 is 7.81. The number of halogens is 1. The SMILES string of the molecule is CCC(=O)OOOC(C)=O.Cc1c(C(=O)NNC(C)(C)C)ccc2c1O[C@@H](CO[Si](C)(C)C(C)(C)C)CO2.Cc1cc(C)cc(C(=O)Cl)c1.Cc1cc(C)cc(C(=O)N(NC(=O)c2ccc3c(c2C)O[C@@H](CO[Si](C)(C)C(C)(C)C)CO3)C(C)(C)C)c1.[K][K]. The first-order chi connectivity index (χ1) is 40.9. The van der Waals surface area contributed by atoms with Gasteiger partial charge in [0.1, 0.15) is 13.2 Å². The molecule has 0 spiro atoms. The van der Waals surface area contributed by atoms with Gasteiger partial charge in [-0.1, -0.05) is 82.9 Å². The molecule has 0 saturated carbocycles. The summed E-state index contributed by atoms with van der Waals surface area (Å²) in [4.78, 5) is 78.3. The van der Waals surface area contributed by atoms with E-state index in [-0.39, 0.29) is 52.0 Å². The molecule has 0 aromatic heterocycles. The first-order valence-electron chi connectivity index (χ1n) is 30.2. The Balaban J connectivity index is 0.000000458. The first kappa shape index (κ1) is 82.0. The summed E-state index contributed by atoms with van der Waals surface area (Å²) in [5.41, 5.74) is 15.4. The fraction of sp³-hybridized carbons (Fsp3) is 0.538. The zero-order chi connectivity index (χ0) is 68.4. The van der Waals surface area contributed by atoms with Crippen molar-refractivity contribution >= 4 is 126 Å². The molecule has 0 fully saturated rings. The van der Waals surface area contributed by atoms with Crippen LogP contribution in [0.5, 0.6) is 23.0 Å². The molecule has 4 aromatic carbocycles. The van der Waals surface area contributed by atoms with Gasteiger partial charge >= 0.3 is 75.1 Å². The molecule has 484 valence electrons. The van der Waals surface area contributed by atoms with Crippen molar-refractivity contribution < 1.29 is 71.4 Å². The van der Waals surface area contributed by atoms with Gasteiger partial charge in [0.25, 0.3) is 23.0 Å². The number of amides is 3. The van der Waals surface area contributed by atoms with E-state index in [1.807, 2.05) is 107 Å². The maximum absolute atomic E-state index is 13.5. The van der Waals surface area contributed by atoms with E-state index in [1.165, 1.54) is 68.2 Å². The van der Waals surface area contributed by atoms with E-state index >= 15 is 0 Å². The Kier molecular flexibility index (Phi) is 33.2. The number of aryl methyl sites for hydroxylation is 4. The van der Waals surface area contributed by atoms with Crippen LogP contribution in [0.2, 0.25) is 36.3 Å². The third-order valence-corrected chi connectivity index (χ3v) is 23.9. The zero-order valence-corrected chi connectivity index (χ0v) is 66.9. The van der Waals surface area contributed by atoms with E-state index < -0.39 is 39.4 Å². The molecule has 2 atom stereocenters. The molecular formula is C65H97ClK2N4O15Si2. The quantitative estimate of drug-likeness (QED) is 0.0462. The number of rotatable bonds is 14. The molecule has 3 amide bonds. The second kappa shape index (κ2) is 36.0. The van der Waals surface area contributed by atoms with E-state index in [2.05, 4.69) is 98.8 Å². The second-order valence-electron chi connectivity index (χ2n) is 26.9. The van der Waals surface area contributed by atoms with Gasteiger partial charge in [-0.05, 0) is 179 Å². The summed E-state index contributed by atoms with van der Waals surface area (Å²) in [6.45, 7) is 49.7. The summed E-state index contributed by atoms with van der Waals surface area (Å²) in [5.74, 6) is 0.303. The van der Waals surface area contributed by atoms with Crippen LogP contribution in [0.25, 0.3) is 0 Å². The molecule has 0 aliphatic carbocycles. The van der Waals surface area contributed by atoms with Crippen LogP contribution in [-0.4, -0.2) is 169 Å². The molecule has 4 aromatic rings. The van der Waals surface area contributed by atoms with Crippen molar-refractivity contribution in [1.82, 2.24) is 21.3 Å². The van der Waals surface area contributed by atoms with E-state index in [0.29, 0.717) is 77.2 Å². The van der Waals surface area contributed by atoms with Crippen molar-refractivity contribution in [2.24, 2.45) is 0 Å². The van der Waals surface area contributed by atoms with Gasteiger partial charge in [0.2, 0.25) is 0 Å². The standard InChI is InChI=1S/C30H44N2O5Si.C21H36N2O4Si.C9H9ClO.C5H8O5.2K/c1-19-14-20(2)16-22(15-19)28(34)32(29(4,5)6)31-27(33)24-12-13-25-26(21(24)3)37-23(17-35-25)18-36-38(10,11)30(7,8)9;1-14-16(19(24)22-23-20(2,3)4)10-11-17-18(14)27-15(12-25-17)13-26-28(8,9)21(5,6)7;1-6-3-7(2)5-8(4-6)9(10)11;1-3-5(7)9-10-8-4(2)6;;/h12-16,23H,17-18H2,1-11H3,(H,31,33);10-11,15,23H,12-13H2,1-9H3,(H,22,24);3-5H,1-2H3;3H2,1-2H3;;/t23-;15-;;;;/m11..../s1. The normalized spacial score (nSPS) is 14.4. The Morgan fingerprint density at radius 2 is 1.00 bits per heavy atom. The Morgan fingerprint density at radius 1 is 0.607 bits per heavy atom. The Morgan fingerprint density at radius 3 is 1.35 bits per heavy atom. The van der Waals surface area contributed by atoms with Gasteiger partial charge in [0.15, 0.2) is 51.8 Å². The number of carbonyl (C=O) groups excluding carboxylic acids is 6. The number of ether oxygens (including phenoxy) is 4. The molecule has 24 heteroatoms. The molecule has 0 unspecified atom stereocenters. The van der Waals surface area contributed by atoms with Gasteiger partial charge in [-0.2, -0.15) is 0 Å². The number of benzene rings is 4. The van der Waals surface area contributed by atoms with Gasteiger partial charge in [-0.25, -0.2) is 20.0 Å². The van der Waals surface area contributed by atoms with Crippen LogP contribution in [0.1, 0.15) is 178 Å². The fourth-order valence-corrected chi connectivity index (χ4v) is 9.97. The molecule has 0 radical (unpaired) electrons. The minimum absolute atomic E-state index is 0.0924. The molecule has 2 aliphatic heterocycles. The number of hydrogen-bond donors (Lipinski definition) is 3. The Labute approximate surface area is 581 Å². The molecule has 0 saturated heterocycles. The zero-order valence-electron chi connectivity index (χ0n) is 57.9. The molecule has 19 nitrogen and oxygen atoms in total. The average molecular weight is 1340 g/mol. The number of fused-ring (bicyclic) bond motifs is 2. The second-order valence-corrected chi connectivity index (χ2v) is 36.9. The molecule has 3 N–H and O–H groups in total. The van der Waals surface area contributed by atoms with Crippen LogP contribution in [0, 0.1) is 41.5 Å². The van der Waals surface area contributed by atoms with Crippen LogP contribution in [0.3, 0.4) is 0 Å². The van der Waals surface area contributed by atoms with Crippen molar-refractivity contribution in [2.75, 3.05) is 26.4 Å². The van der Waals surface area contributed by atoms with Crippen molar-refractivity contribution in [3.8, 4) is 23.0 Å². The molecule has 2 heterocycles. The van der Waals surface area contributed by atoms with Crippen LogP contribution in [0.15, 0.2) is 60.7 Å². The van der Waals surface area contributed by atoms with E-state index in [9.17, 15) is 28.8 Å². The van der Waals surface area contributed by atoms with E-state index in [4.69, 9.17) is 39.4 Å².